The topological polar surface area (TPSA) is 51.1 Å². The van der Waals surface area contributed by atoms with E-state index in [-0.39, 0.29) is 11.7 Å². The average Bonchev–Trinajstić information content (AvgIpc) is 3.01. The van der Waals surface area contributed by atoms with Crippen molar-refractivity contribution >= 4 is 39.2 Å². The van der Waals surface area contributed by atoms with E-state index in [4.69, 9.17) is 0 Å². The fourth-order valence-corrected chi connectivity index (χ4v) is 3.92. The van der Waals surface area contributed by atoms with Gasteiger partial charge in [0.05, 0.1) is 11.0 Å². The number of carbonyl (C=O) groups is 2. The van der Waals surface area contributed by atoms with Crippen molar-refractivity contribution < 1.29 is 9.59 Å². The van der Waals surface area contributed by atoms with Crippen molar-refractivity contribution in [2.24, 2.45) is 0 Å². The van der Waals surface area contributed by atoms with E-state index in [9.17, 15) is 9.59 Å². The molecule has 126 valence electrons. The van der Waals surface area contributed by atoms with Gasteiger partial charge in [-0.05, 0) is 31.2 Å². The summed E-state index contributed by atoms with van der Waals surface area (Å²) < 4.78 is 1.69. The van der Waals surface area contributed by atoms with Gasteiger partial charge in [-0.2, -0.15) is 0 Å². The summed E-state index contributed by atoms with van der Waals surface area (Å²) in [5.74, 6) is -0.455. The van der Waals surface area contributed by atoms with Crippen LogP contribution in [0.4, 0.5) is 5.69 Å². The van der Waals surface area contributed by atoms with Gasteiger partial charge in [-0.15, -0.1) is 0 Å². The van der Waals surface area contributed by atoms with Crippen molar-refractivity contribution in [3.8, 4) is 0 Å². The maximum atomic E-state index is 13.5. The van der Waals surface area contributed by atoms with Gasteiger partial charge in [0.2, 0.25) is 0 Å². The summed E-state index contributed by atoms with van der Waals surface area (Å²) in [5, 5.41) is 5.09. The number of rotatable bonds is 2. The van der Waals surface area contributed by atoms with Gasteiger partial charge < -0.3 is 5.32 Å². The van der Waals surface area contributed by atoms with Crippen LogP contribution in [0.2, 0.25) is 0 Å². The lowest BCUT2D eigenvalue weighted by Gasteiger charge is -2.33. The lowest BCUT2D eigenvalue weighted by atomic mass is 9.86. The summed E-state index contributed by atoms with van der Waals surface area (Å²) >= 11 is 0. The molecule has 1 aliphatic heterocycles. The van der Waals surface area contributed by atoms with Gasteiger partial charge in [0, 0.05) is 22.0 Å². The highest BCUT2D eigenvalue weighted by Crippen LogP contribution is 2.38. The number of para-hydroxylation sites is 3. The number of aromatic nitrogens is 1. The van der Waals surface area contributed by atoms with E-state index in [1.807, 2.05) is 66.7 Å². The summed E-state index contributed by atoms with van der Waals surface area (Å²) in [6, 6.07) is 22.8. The lowest BCUT2D eigenvalue weighted by molar-refractivity contribution is 0.0745. The molecule has 1 aliphatic rings. The Balaban J connectivity index is 1.82. The molecule has 0 fully saturated rings. The second-order valence-corrected chi connectivity index (χ2v) is 6.80. The number of hydrogen-bond donors (Lipinski definition) is 1. The smallest absolute Gasteiger partial charge is 0.265 e. The van der Waals surface area contributed by atoms with Crippen molar-refractivity contribution in [3.05, 3.63) is 78.4 Å². The molecule has 5 rings (SSSR count). The minimum Gasteiger partial charge on any atom is -0.365 e. The Morgan fingerprint density at radius 1 is 0.808 bits per heavy atom. The summed E-state index contributed by atoms with van der Waals surface area (Å²) in [6.07, 6.45) is 0. The molecule has 1 N–H and O–H groups in total. The lowest BCUT2D eigenvalue weighted by Crippen LogP contribution is -2.55. The van der Waals surface area contributed by atoms with Gasteiger partial charge in [-0.25, -0.2) is 0 Å². The second kappa shape index (κ2) is 5.05. The Kier molecular flexibility index (Phi) is 2.89. The molecule has 0 radical (unpaired) electrons. The number of hydrogen-bond acceptors (Lipinski definition) is 3. The van der Waals surface area contributed by atoms with Crippen LogP contribution in [0, 0.1) is 0 Å². The zero-order valence-electron chi connectivity index (χ0n) is 14.2. The van der Waals surface area contributed by atoms with Gasteiger partial charge in [0.15, 0.2) is 11.3 Å². The zero-order chi connectivity index (χ0) is 17.9. The van der Waals surface area contributed by atoms with E-state index in [1.165, 1.54) is 0 Å². The molecule has 1 unspecified atom stereocenters. The number of ketones is 1. The van der Waals surface area contributed by atoms with E-state index in [2.05, 4.69) is 5.32 Å². The fourth-order valence-electron chi connectivity index (χ4n) is 3.92. The third-order valence-corrected chi connectivity index (χ3v) is 5.19. The fraction of sp³-hybridized carbons (Fsp3) is 0.0909. The van der Waals surface area contributed by atoms with Crippen LogP contribution in [0.3, 0.4) is 0 Å². The van der Waals surface area contributed by atoms with Crippen LogP contribution in [-0.2, 0) is 0 Å². The van der Waals surface area contributed by atoms with E-state index in [1.54, 1.807) is 17.6 Å². The molecule has 0 saturated heterocycles. The molecule has 2 heterocycles. The molecule has 4 heteroatoms. The van der Waals surface area contributed by atoms with E-state index >= 15 is 0 Å². The first-order chi connectivity index (χ1) is 12.6. The SMILES string of the molecule is CC1(Nc2ccccc2)C(=O)c2cccc3c4ccccc4n(c23)C1=O. The van der Waals surface area contributed by atoms with Crippen molar-refractivity contribution in [1.82, 2.24) is 4.57 Å². The maximum absolute atomic E-state index is 13.5. The zero-order valence-corrected chi connectivity index (χ0v) is 14.2. The molecule has 3 aromatic carbocycles. The summed E-state index contributed by atoms with van der Waals surface area (Å²) in [7, 11) is 0. The molecule has 1 atom stereocenters. The third kappa shape index (κ3) is 1.78. The van der Waals surface area contributed by atoms with Crippen LogP contribution in [0.5, 0.6) is 0 Å². The summed E-state index contributed by atoms with van der Waals surface area (Å²) in [6.45, 7) is 1.67. The monoisotopic (exact) mass is 340 g/mol. The number of carbonyl (C=O) groups excluding carboxylic acids is 2. The van der Waals surface area contributed by atoms with Gasteiger partial charge in [0.1, 0.15) is 0 Å². The predicted molar refractivity (Wildman–Crippen MR) is 103 cm³/mol. The Labute approximate surface area is 150 Å². The minimum atomic E-state index is -1.36. The number of anilines is 1. The number of nitrogens with one attached hydrogen (secondary N) is 1. The van der Waals surface area contributed by atoms with Gasteiger partial charge >= 0.3 is 0 Å². The number of nitrogens with zero attached hydrogens (tertiary/aromatic N) is 1. The molecule has 4 nitrogen and oxygen atoms in total. The van der Waals surface area contributed by atoms with E-state index < -0.39 is 5.54 Å². The van der Waals surface area contributed by atoms with Crippen LogP contribution >= 0.6 is 0 Å². The largest absolute Gasteiger partial charge is 0.365 e. The van der Waals surface area contributed by atoms with Crippen LogP contribution in [0.1, 0.15) is 22.1 Å². The summed E-state index contributed by atoms with van der Waals surface area (Å²) in [5.41, 5.74) is 1.49. The quantitative estimate of drug-likeness (QED) is 0.547. The molecule has 0 saturated carbocycles. The number of fused-ring (bicyclic) bond motifs is 3. The maximum Gasteiger partial charge on any atom is 0.265 e. The Morgan fingerprint density at radius 3 is 2.31 bits per heavy atom. The van der Waals surface area contributed by atoms with Crippen molar-refractivity contribution in [2.75, 3.05) is 5.32 Å². The Morgan fingerprint density at radius 2 is 1.50 bits per heavy atom. The highest BCUT2D eigenvalue weighted by Gasteiger charge is 2.47. The number of Topliss-reactive ketones (excluding diaryl/α,β-unsaturated/α-hetero) is 1. The molecule has 1 aromatic heterocycles. The van der Waals surface area contributed by atoms with Crippen LogP contribution < -0.4 is 5.32 Å². The first kappa shape index (κ1) is 14.9. The standard InChI is InChI=1S/C22H16N2O2/c1-22(23-14-8-3-2-4-9-14)20(25)17-12-7-11-16-15-10-5-6-13-18(15)24(19(16)17)21(22)26/h2-13,23H,1H3. The molecule has 0 bridgehead atoms. The van der Waals surface area contributed by atoms with Gasteiger partial charge in [-0.1, -0.05) is 48.5 Å². The minimum absolute atomic E-state index is 0.202. The van der Waals surface area contributed by atoms with Gasteiger partial charge in [-0.3, -0.25) is 14.2 Å². The van der Waals surface area contributed by atoms with Crippen molar-refractivity contribution in [1.29, 1.82) is 0 Å². The number of benzene rings is 3. The third-order valence-electron chi connectivity index (χ3n) is 5.19. The van der Waals surface area contributed by atoms with Crippen molar-refractivity contribution in [3.63, 3.8) is 0 Å². The summed E-state index contributed by atoms with van der Waals surface area (Å²) in [4.78, 5) is 26.8. The first-order valence-electron chi connectivity index (χ1n) is 8.56. The molecular weight excluding hydrogens is 324 g/mol. The Bertz CT molecular complexity index is 1210. The van der Waals surface area contributed by atoms with E-state index in [0.717, 1.165) is 22.0 Å². The van der Waals surface area contributed by atoms with Crippen LogP contribution in [-0.4, -0.2) is 21.8 Å². The highest BCUT2D eigenvalue weighted by molar-refractivity contribution is 6.32. The molecule has 4 aromatic rings. The molecule has 26 heavy (non-hydrogen) atoms. The highest BCUT2D eigenvalue weighted by atomic mass is 16.2. The first-order valence-corrected chi connectivity index (χ1v) is 8.56. The normalized spacial score (nSPS) is 19.3. The van der Waals surface area contributed by atoms with Crippen molar-refractivity contribution in [2.45, 2.75) is 12.5 Å². The molecule has 0 spiro atoms. The second-order valence-electron chi connectivity index (χ2n) is 6.80. The molecule has 0 aliphatic carbocycles. The van der Waals surface area contributed by atoms with Gasteiger partial charge in [0.25, 0.3) is 5.91 Å². The van der Waals surface area contributed by atoms with E-state index in [0.29, 0.717) is 11.1 Å². The van der Waals surface area contributed by atoms with Crippen LogP contribution in [0.25, 0.3) is 21.8 Å². The predicted octanol–water partition coefficient (Wildman–Crippen LogP) is 4.50. The average molecular weight is 340 g/mol. The van der Waals surface area contributed by atoms with Crippen LogP contribution in [0.15, 0.2) is 72.8 Å². The molecular formula is C22H16N2O2. The molecule has 0 amide bonds. The Hall–Kier alpha value is -3.40.